The van der Waals surface area contributed by atoms with Gasteiger partial charge >= 0.3 is 6.18 Å². The Hall–Kier alpha value is -2.50. The number of hydrogen-bond acceptors (Lipinski definition) is 2. The molecule has 0 unspecified atom stereocenters. The van der Waals surface area contributed by atoms with E-state index in [-0.39, 0.29) is 13.2 Å². The van der Waals surface area contributed by atoms with Gasteiger partial charge in [0, 0.05) is 6.54 Å². The van der Waals surface area contributed by atoms with Crippen LogP contribution in [0.1, 0.15) is 23.6 Å². The van der Waals surface area contributed by atoms with Gasteiger partial charge in [-0.1, -0.05) is 31.2 Å². The van der Waals surface area contributed by atoms with Gasteiger partial charge in [0.25, 0.3) is 5.91 Å². The van der Waals surface area contributed by atoms with Gasteiger partial charge in [-0.3, -0.25) is 4.79 Å². The predicted molar refractivity (Wildman–Crippen MR) is 84.6 cm³/mol. The van der Waals surface area contributed by atoms with Crippen LogP contribution in [0.3, 0.4) is 0 Å². The minimum atomic E-state index is -4.40. The maximum Gasteiger partial charge on any atom is 0.416 e. The van der Waals surface area contributed by atoms with Gasteiger partial charge in [-0.15, -0.1) is 0 Å². The highest BCUT2D eigenvalue weighted by Gasteiger charge is 2.30. The molecule has 0 atom stereocenters. The lowest BCUT2D eigenvalue weighted by Crippen LogP contribution is -2.28. The highest BCUT2D eigenvalue weighted by atomic mass is 19.4. The number of rotatable bonds is 6. The Morgan fingerprint density at radius 1 is 1.08 bits per heavy atom. The van der Waals surface area contributed by atoms with Gasteiger partial charge in [0.1, 0.15) is 5.75 Å². The molecule has 128 valence electrons. The van der Waals surface area contributed by atoms with Crippen molar-refractivity contribution >= 4 is 5.91 Å². The molecule has 3 nitrogen and oxygen atoms in total. The minimum Gasteiger partial charge on any atom is -0.484 e. The number of carbonyl (C=O) groups is 1. The predicted octanol–water partition coefficient (Wildman–Crippen LogP) is 3.96. The maximum atomic E-state index is 12.6. The Morgan fingerprint density at radius 3 is 2.42 bits per heavy atom. The molecule has 6 heteroatoms. The fourth-order valence-electron chi connectivity index (χ4n) is 2.08. The van der Waals surface area contributed by atoms with E-state index < -0.39 is 17.6 Å². The number of amides is 1. The number of aryl methyl sites for hydroxylation is 1. The third kappa shape index (κ3) is 5.30. The van der Waals surface area contributed by atoms with Crippen molar-refractivity contribution in [1.29, 1.82) is 0 Å². The van der Waals surface area contributed by atoms with Crippen molar-refractivity contribution in [1.82, 2.24) is 5.32 Å². The van der Waals surface area contributed by atoms with Crippen LogP contribution >= 0.6 is 0 Å². The topological polar surface area (TPSA) is 38.3 Å². The van der Waals surface area contributed by atoms with Crippen LogP contribution in [-0.4, -0.2) is 12.5 Å². The number of alkyl halides is 3. The first kappa shape index (κ1) is 17.8. The van der Waals surface area contributed by atoms with Gasteiger partial charge in [-0.2, -0.15) is 13.2 Å². The molecule has 1 N–H and O–H groups in total. The van der Waals surface area contributed by atoms with Crippen LogP contribution in [0.15, 0.2) is 48.5 Å². The highest BCUT2D eigenvalue weighted by Crippen LogP contribution is 2.29. The van der Waals surface area contributed by atoms with E-state index in [1.165, 1.54) is 12.1 Å². The first-order valence-electron chi connectivity index (χ1n) is 7.53. The number of nitrogens with one attached hydrogen (secondary N) is 1. The molecule has 0 aromatic heterocycles. The van der Waals surface area contributed by atoms with Gasteiger partial charge in [0.15, 0.2) is 6.61 Å². The Morgan fingerprint density at radius 2 is 1.79 bits per heavy atom. The molecule has 0 aliphatic carbocycles. The molecule has 0 fully saturated rings. The normalized spacial score (nSPS) is 11.2. The van der Waals surface area contributed by atoms with E-state index in [0.29, 0.717) is 11.3 Å². The zero-order valence-electron chi connectivity index (χ0n) is 13.2. The molecule has 2 aromatic carbocycles. The summed E-state index contributed by atoms with van der Waals surface area (Å²) >= 11 is 0. The summed E-state index contributed by atoms with van der Waals surface area (Å²) in [5.74, 6) is 0.174. The molecule has 0 saturated carbocycles. The van der Waals surface area contributed by atoms with Crippen molar-refractivity contribution in [2.75, 3.05) is 6.61 Å². The average molecular weight is 337 g/mol. The van der Waals surface area contributed by atoms with Crippen molar-refractivity contribution < 1.29 is 22.7 Å². The molecule has 24 heavy (non-hydrogen) atoms. The number of carbonyl (C=O) groups excluding carboxylic acids is 1. The molecule has 0 bridgehead atoms. The second-order valence-corrected chi connectivity index (χ2v) is 5.26. The summed E-state index contributed by atoms with van der Waals surface area (Å²) in [7, 11) is 0. The summed E-state index contributed by atoms with van der Waals surface area (Å²) in [4.78, 5) is 11.7. The van der Waals surface area contributed by atoms with Crippen LogP contribution in [0.25, 0.3) is 0 Å². The van der Waals surface area contributed by atoms with Crippen LogP contribution in [0.4, 0.5) is 13.2 Å². The van der Waals surface area contributed by atoms with Crippen molar-refractivity contribution in [3.05, 3.63) is 65.2 Å². The lowest BCUT2D eigenvalue weighted by molar-refractivity contribution is -0.137. The molecule has 0 heterocycles. The van der Waals surface area contributed by atoms with E-state index >= 15 is 0 Å². The highest BCUT2D eigenvalue weighted by molar-refractivity contribution is 5.77. The third-order valence-electron chi connectivity index (χ3n) is 3.45. The van der Waals surface area contributed by atoms with Gasteiger partial charge in [0.05, 0.1) is 5.56 Å². The fourth-order valence-corrected chi connectivity index (χ4v) is 2.08. The van der Waals surface area contributed by atoms with E-state index in [0.717, 1.165) is 24.1 Å². The Balaban J connectivity index is 1.82. The largest absolute Gasteiger partial charge is 0.484 e. The SMILES string of the molecule is CCc1ccc(OCC(=O)NCc2cccc(C(F)(F)F)c2)cc1. The van der Waals surface area contributed by atoms with Gasteiger partial charge in [-0.05, 0) is 41.8 Å². The second-order valence-electron chi connectivity index (χ2n) is 5.26. The lowest BCUT2D eigenvalue weighted by Gasteiger charge is -2.10. The van der Waals surface area contributed by atoms with Crippen LogP contribution in [0.2, 0.25) is 0 Å². The Labute approximate surface area is 138 Å². The van der Waals surface area contributed by atoms with E-state index in [1.807, 2.05) is 19.1 Å². The average Bonchev–Trinajstić information content (AvgIpc) is 2.58. The molecular formula is C18H18F3NO2. The fraction of sp³-hybridized carbons (Fsp3) is 0.278. The number of halogens is 3. The number of benzene rings is 2. The summed E-state index contributed by atoms with van der Waals surface area (Å²) in [5, 5.41) is 2.54. The summed E-state index contributed by atoms with van der Waals surface area (Å²) in [5.41, 5.74) is 0.809. The van der Waals surface area contributed by atoms with Crippen molar-refractivity contribution in [2.45, 2.75) is 26.1 Å². The van der Waals surface area contributed by atoms with Gasteiger partial charge in [0.2, 0.25) is 0 Å². The Bertz CT molecular complexity index is 681. The molecular weight excluding hydrogens is 319 g/mol. The van der Waals surface area contributed by atoms with Crippen LogP contribution < -0.4 is 10.1 Å². The Kier molecular flexibility index (Phi) is 5.84. The zero-order valence-corrected chi connectivity index (χ0v) is 13.2. The molecule has 0 saturated heterocycles. The van der Waals surface area contributed by atoms with Crippen LogP contribution in [-0.2, 0) is 23.9 Å². The van der Waals surface area contributed by atoms with Crippen molar-refractivity contribution in [3.8, 4) is 5.75 Å². The second kappa shape index (κ2) is 7.86. The van der Waals surface area contributed by atoms with Gasteiger partial charge in [-0.25, -0.2) is 0 Å². The van der Waals surface area contributed by atoms with Crippen molar-refractivity contribution in [3.63, 3.8) is 0 Å². The monoisotopic (exact) mass is 337 g/mol. The first-order chi connectivity index (χ1) is 11.4. The molecule has 0 spiro atoms. The summed E-state index contributed by atoms with van der Waals surface area (Å²) < 4.78 is 43.2. The molecule has 1 amide bonds. The van der Waals surface area contributed by atoms with Gasteiger partial charge < -0.3 is 10.1 Å². The maximum absolute atomic E-state index is 12.6. The van der Waals surface area contributed by atoms with Crippen LogP contribution in [0, 0.1) is 0 Å². The minimum absolute atomic E-state index is 0.0148. The summed E-state index contributed by atoms with van der Waals surface area (Å²) in [6.07, 6.45) is -3.48. The summed E-state index contributed by atoms with van der Waals surface area (Å²) in [6.45, 7) is 1.86. The van der Waals surface area contributed by atoms with E-state index in [4.69, 9.17) is 4.74 Å². The number of hydrogen-bond donors (Lipinski definition) is 1. The molecule has 0 aliphatic rings. The first-order valence-corrected chi connectivity index (χ1v) is 7.53. The van der Waals surface area contributed by atoms with E-state index in [1.54, 1.807) is 12.1 Å². The lowest BCUT2D eigenvalue weighted by atomic mass is 10.1. The molecule has 2 rings (SSSR count). The summed E-state index contributed by atoms with van der Waals surface area (Å²) in [6, 6.07) is 12.2. The zero-order chi connectivity index (χ0) is 17.6. The number of ether oxygens (including phenoxy) is 1. The van der Waals surface area contributed by atoms with E-state index in [2.05, 4.69) is 5.32 Å². The quantitative estimate of drug-likeness (QED) is 0.866. The van der Waals surface area contributed by atoms with E-state index in [9.17, 15) is 18.0 Å². The smallest absolute Gasteiger partial charge is 0.416 e. The van der Waals surface area contributed by atoms with Crippen LogP contribution in [0.5, 0.6) is 5.75 Å². The molecule has 0 radical (unpaired) electrons. The molecule has 0 aliphatic heterocycles. The van der Waals surface area contributed by atoms with Crippen molar-refractivity contribution in [2.24, 2.45) is 0 Å². The standard InChI is InChI=1S/C18H18F3NO2/c1-2-13-6-8-16(9-7-13)24-12-17(23)22-11-14-4-3-5-15(10-14)18(19,20)21/h3-10H,2,11-12H2,1H3,(H,22,23). The molecule has 2 aromatic rings. The third-order valence-corrected chi connectivity index (χ3v) is 3.45.